The van der Waals surface area contributed by atoms with Gasteiger partial charge in [-0.2, -0.15) is 0 Å². The van der Waals surface area contributed by atoms with Gasteiger partial charge in [0.2, 0.25) is 0 Å². The summed E-state index contributed by atoms with van der Waals surface area (Å²) in [6, 6.07) is 0. The minimum Gasteiger partial charge on any atom is -0.396 e. The predicted molar refractivity (Wildman–Crippen MR) is 86.1 cm³/mol. The maximum atomic E-state index is 10.6. The van der Waals surface area contributed by atoms with Gasteiger partial charge in [-0.3, -0.25) is 0 Å². The second-order valence-electron chi connectivity index (χ2n) is 10.6. The summed E-state index contributed by atoms with van der Waals surface area (Å²) in [6.07, 6.45) is 8.78. The Morgan fingerprint density at radius 3 is 2.36 bits per heavy atom. The van der Waals surface area contributed by atoms with Gasteiger partial charge in [0.05, 0.1) is 12.7 Å². The first kappa shape index (κ1) is 14.3. The second-order valence-corrected chi connectivity index (χ2v) is 10.6. The predicted octanol–water partition coefficient (Wildman–Crippen LogP) is 3.61. The zero-order chi connectivity index (χ0) is 15.5. The Bertz CT molecular complexity index is 532. The van der Waals surface area contributed by atoms with Gasteiger partial charge in [-0.05, 0) is 84.9 Å². The zero-order valence-electron chi connectivity index (χ0n) is 14.4. The lowest BCUT2D eigenvalue weighted by Gasteiger charge is -2.66. The monoisotopic (exact) mass is 304 g/mol. The molecule has 0 aromatic carbocycles. The number of fused-ring (bicyclic) bond motifs is 1. The largest absolute Gasteiger partial charge is 0.396 e. The van der Waals surface area contributed by atoms with Crippen LogP contribution in [0.5, 0.6) is 0 Å². The molecule has 0 aromatic heterocycles. The topological polar surface area (TPSA) is 40.5 Å². The van der Waals surface area contributed by atoms with Gasteiger partial charge < -0.3 is 10.2 Å². The lowest BCUT2D eigenvalue weighted by molar-refractivity contribution is -0.205. The number of aliphatic hydroxyl groups excluding tert-OH is 2. The molecule has 124 valence electrons. The summed E-state index contributed by atoms with van der Waals surface area (Å²) in [4.78, 5) is 0. The summed E-state index contributed by atoms with van der Waals surface area (Å²) in [6.45, 7) is 7.40. The normalized spacial score (nSPS) is 68.3. The average Bonchev–Trinajstić information content (AvgIpc) is 2.94. The molecule has 0 radical (unpaired) electrons. The molecule has 6 aliphatic rings. The van der Waals surface area contributed by atoms with E-state index in [2.05, 4.69) is 20.8 Å². The highest BCUT2D eigenvalue weighted by Crippen LogP contribution is 2.85. The average molecular weight is 304 g/mol. The highest BCUT2D eigenvalue weighted by atomic mass is 16.3. The third-order valence-electron chi connectivity index (χ3n) is 10.0. The third kappa shape index (κ3) is 1.30. The molecule has 9 atom stereocenters. The molecule has 2 N–H and O–H groups in total. The second kappa shape index (κ2) is 3.77. The Labute approximate surface area is 134 Å². The molecule has 0 aliphatic heterocycles. The minimum absolute atomic E-state index is 0.151. The molecular weight excluding hydrogens is 272 g/mol. The number of aliphatic hydroxyl groups is 2. The van der Waals surface area contributed by atoms with Crippen molar-refractivity contribution < 1.29 is 10.2 Å². The van der Waals surface area contributed by atoms with Crippen LogP contribution in [0.2, 0.25) is 0 Å². The van der Waals surface area contributed by atoms with E-state index in [0.717, 1.165) is 24.2 Å². The van der Waals surface area contributed by atoms with Crippen LogP contribution in [0.25, 0.3) is 0 Å². The minimum atomic E-state index is -0.312. The molecule has 4 bridgehead atoms. The van der Waals surface area contributed by atoms with E-state index in [1.165, 1.54) is 38.5 Å². The van der Waals surface area contributed by atoms with Gasteiger partial charge in [-0.1, -0.05) is 20.8 Å². The quantitative estimate of drug-likeness (QED) is 0.777. The van der Waals surface area contributed by atoms with Gasteiger partial charge in [0, 0.05) is 5.41 Å². The lowest BCUT2D eigenvalue weighted by Crippen LogP contribution is -2.62. The molecule has 1 spiro atoms. The smallest absolute Gasteiger partial charge is 0.0618 e. The summed E-state index contributed by atoms with van der Waals surface area (Å²) in [7, 11) is 0. The molecule has 2 heteroatoms. The van der Waals surface area contributed by atoms with Crippen molar-refractivity contribution in [3.05, 3.63) is 0 Å². The van der Waals surface area contributed by atoms with Crippen molar-refractivity contribution in [2.24, 2.45) is 45.3 Å². The van der Waals surface area contributed by atoms with Gasteiger partial charge in [0.15, 0.2) is 0 Å². The fourth-order valence-electron chi connectivity index (χ4n) is 8.87. The van der Waals surface area contributed by atoms with E-state index in [-0.39, 0.29) is 18.1 Å². The SMILES string of the molecule is C[C@@]12CC[C@H](O)[C@](C)(CO)[C@H]1CC[C@@]13C[C@H]4[C@@H](C[C@H]12)[C@@]4(C)C3. The molecule has 0 saturated heterocycles. The maximum Gasteiger partial charge on any atom is 0.0618 e. The van der Waals surface area contributed by atoms with Crippen LogP contribution in [0.3, 0.4) is 0 Å². The van der Waals surface area contributed by atoms with Crippen LogP contribution in [0.1, 0.15) is 65.7 Å². The molecule has 6 rings (SSSR count). The number of hydrogen-bond acceptors (Lipinski definition) is 2. The first-order valence-corrected chi connectivity index (χ1v) is 9.59. The molecule has 2 nitrogen and oxygen atoms in total. The van der Waals surface area contributed by atoms with Gasteiger partial charge in [0.25, 0.3) is 0 Å². The summed E-state index contributed by atoms with van der Waals surface area (Å²) >= 11 is 0. The van der Waals surface area contributed by atoms with Crippen molar-refractivity contribution in [2.75, 3.05) is 6.61 Å². The summed E-state index contributed by atoms with van der Waals surface area (Å²) < 4.78 is 0. The molecule has 6 fully saturated rings. The summed E-state index contributed by atoms with van der Waals surface area (Å²) in [5.74, 6) is 3.41. The molecule has 0 amide bonds. The Morgan fingerprint density at radius 1 is 0.955 bits per heavy atom. The lowest BCUT2D eigenvalue weighted by atomic mass is 9.39. The molecule has 22 heavy (non-hydrogen) atoms. The van der Waals surface area contributed by atoms with Crippen molar-refractivity contribution in [3.63, 3.8) is 0 Å². The fraction of sp³-hybridized carbons (Fsp3) is 1.00. The molecular formula is C20H32O2. The number of rotatable bonds is 1. The van der Waals surface area contributed by atoms with E-state index >= 15 is 0 Å². The van der Waals surface area contributed by atoms with Crippen molar-refractivity contribution in [2.45, 2.75) is 71.8 Å². The summed E-state index contributed by atoms with van der Waals surface area (Å²) in [5.41, 5.74) is 1.40. The third-order valence-corrected chi connectivity index (χ3v) is 10.0. The van der Waals surface area contributed by atoms with Gasteiger partial charge in [0.1, 0.15) is 0 Å². The van der Waals surface area contributed by atoms with E-state index in [9.17, 15) is 10.2 Å². The van der Waals surface area contributed by atoms with E-state index < -0.39 is 0 Å². The Hall–Kier alpha value is -0.0800. The first-order chi connectivity index (χ1) is 10.3. The highest BCUT2D eigenvalue weighted by molar-refractivity contribution is 5.27. The maximum absolute atomic E-state index is 10.6. The van der Waals surface area contributed by atoms with Gasteiger partial charge in [-0.25, -0.2) is 0 Å². The van der Waals surface area contributed by atoms with E-state index in [4.69, 9.17) is 0 Å². The standard InChI is InChI=1S/C20H32O2/c1-17-6-5-16(22)19(3,11-21)14(17)4-7-20-9-13-12(8-15(17)20)18(13,2)10-20/h12-16,21-22H,4-11H2,1-3H3/t12-,13+,14+,15+,16+,17-,18-,19-,20+/m1/s1. The Balaban J connectivity index is 1.55. The van der Waals surface area contributed by atoms with Crippen molar-refractivity contribution in [3.8, 4) is 0 Å². The van der Waals surface area contributed by atoms with Crippen molar-refractivity contribution in [1.29, 1.82) is 0 Å². The van der Waals surface area contributed by atoms with Crippen LogP contribution in [0.4, 0.5) is 0 Å². The van der Waals surface area contributed by atoms with E-state index in [1.54, 1.807) is 0 Å². The van der Waals surface area contributed by atoms with Crippen molar-refractivity contribution in [1.82, 2.24) is 0 Å². The van der Waals surface area contributed by atoms with Gasteiger partial charge >= 0.3 is 0 Å². The van der Waals surface area contributed by atoms with Crippen LogP contribution >= 0.6 is 0 Å². The van der Waals surface area contributed by atoms with Crippen LogP contribution in [-0.4, -0.2) is 22.9 Å². The van der Waals surface area contributed by atoms with Crippen molar-refractivity contribution >= 4 is 0 Å². The Kier molecular flexibility index (Phi) is 2.45. The van der Waals surface area contributed by atoms with Crippen LogP contribution in [0.15, 0.2) is 0 Å². The molecule has 6 saturated carbocycles. The van der Waals surface area contributed by atoms with Gasteiger partial charge in [-0.15, -0.1) is 0 Å². The Morgan fingerprint density at radius 2 is 1.73 bits per heavy atom. The van der Waals surface area contributed by atoms with Crippen LogP contribution in [0, 0.1) is 45.3 Å². The fourth-order valence-corrected chi connectivity index (χ4v) is 8.87. The summed E-state index contributed by atoms with van der Waals surface area (Å²) in [5, 5.41) is 20.7. The van der Waals surface area contributed by atoms with E-state index in [1.807, 2.05) is 0 Å². The number of hydrogen-bond donors (Lipinski definition) is 2. The van der Waals surface area contributed by atoms with Crippen LogP contribution in [-0.2, 0) is 0 Å². The molecule has 0 heterocycles. The zero-order valence-corrected chi connectivity index (χ0v) is 14.4. The first-order valence-electron chi connectivity index (χ1n) is 9.59. The molecule has 0 aromatic rings. The molecule has 0 unspecified atom stereocenters. The molecule has 6 aliphatic carbocycles. The van der Waals surface area contributed by atoms with Crippen LogP contribution < -0.4 is 0 Å². The highest BCUT2D eigenvalue weighted by Gasteiger charge is 2.78. The van der Waals surface area contributed by atoms with E-state index in [0.29, 0.717) is 22.2 Å².